The van der Waals surface area contributed by atoms with Crippen molar-refractivity contribution in [3.63, 3.8) is 0 Å². The van der Waals surface area contributed by atoms with E-state index in [0.29, 0.717) is 13.2 Å². The second kappa shape index (κ2) is 4.84. The molecule has 0 unspecified atom stereocenters. The van der Waals surface area contributed by atoms with Crippen molar-refractivity contribution in [3.05, 3.63) is 0 Å². The van der Waals surface area contributed by atoms with Crippen LogP contribution in [0.5, 0.6) is 0 Å². The quantitative estimate of drug-likeness (QED) is 0.758. The van der Waals surface area contributed by atoms with Gasteiger partial charge in [0, 0.05) is 0 Å². The van der Waals surface area contributed by atoms with E-state index in [2.05, 4.69) is 20.8 Å². The normalized spacial score (nSPS) is 37.8. The molecule has 100 valence electrons. The van der Waals surface area contributed by atoms with Crippen LogP contribution in [0.3, 0.4) is 0 Å². The Morgan fingerprint density at radius 3 is 2.06 bits per heavy atom. The smallest absolute Gasteiger partial charge is 0.115 e. The fourth-order valence-electron chi connectivity index (χ4n) is 2.45. The first-order valence-corrected chi connectivity index (χ1v) is 6.43. The lowest BCUT2D eigenvalue weighted by atomic mass is 10.1. The van der Waals surface area contributed by atoms with Crippen LogP contribution in [0.2, 0.25) is 0 Å². The van der Waals surface area contributed by atoms with Crippen molar-refractivity contribution in [1.82, 2.24) is 0 Å². The van der Waals surface area contributed by atoms with Crippen molar-refractivity contribution < 1.29 is 18.9 Å². The monoisotopic (exact) mass is 244 g/mol. The summed E-state index contributed by atoms with van der Waals surface area (Å²) >= 11 is 0. The Balaban J connectivity index is 1.92. The van der Waals surface area contributed by atoms with E-state index >= 15 is 0 Å². The Morgan fingerprint density at radius 2 is 1.53 bits per heavy atom. The van der Waals surface area contributed by atoms with Crippen LogP contribution in [-0.4, -0.2) is 49.3 Å². The molecular formula is C13H24O4. The fourth-order valence-corrected chi connectivity index (χ4v) is 2.45. The van der Waals surface area contributed by atoms with E-state index in [0.717, 1.165) is 0 Å². The third-order valence-corrected chi connectivity index (χ3v) is 2.91. The number of ether oxygens (including phenoxy) is 4. The molecule has 0 radical (unpaired) electrons. The van der Waals surface area contributed by atoms with Crippen LogP contribution in [0, 0.1) is 0 Å². The molecule has 0 N–H and O–H groups in total. The van der Waals surface area contributed by atoms with Gasteiger partial charge in [0.25, 0.3) is 0 Å². The highest BCUT2D eigenvalue weighted by molar-refractivity contribution is 4.96. The van der Waals surface area contributed by atoms with E-state index < -0.39 is 0 Å². The van der Waals surface area contributed by atoms with E-state index in [1.54, 1.807) is 0 Å². The number of rotatable bonds is 3. The highest BCUT2D eigenvalue weighted by Crippen LogP contribution is 2.32. The molecule has 4 nitrogen and oxygen atoms in total. The summed E-state index contributed by atoms with van der Waals surface area (Å²) in [6, 6.07) is 0. The maximum atomic E-state index is 5.96. The van der Waals surface area contributed by atoms with Gasteiger partial charge in [0.2, 0.25) is 0 Å². The van der Waals surface area contributed by atoms with Gasteiger partial charge in [0.1, 0.15) is 24.4 Å². The molecule has 2 rings (SSSR count). The first-order valence-electron chi connectivity index (χ1n) is 6.43. The van der Waals surface area contributed by atoms with Crippen LogP contribution in [0.25, 0.3) is 0 Å². The molecule has 0 aromatic heterocycles. The van der Waals surface area contributed by atoms with Crippen molar-refractivity contribution in [2.45, 2.75) is 70.7 Å². The molecule has 17 heavy (non-hydrogen) atoms. The molecule has 0 aliphatic carbocycles. The largest absolute Gasteiger partial charge is 0.370 e. The highest BCUT2D eigenvalue weighted by atomic mass is 16.6. The lowest BCUT2D eigenvalue weighted by Gasteiger charge is -2.26. The Labute approximate surface area is 104 Å². The van der Waals surface area contributed by atoms with Gasteiger partial charge in [-0.15, -0.1) is 0 Å². The molecule has 4 heteroatoms. The van der Waals surface area contributed by atoms with Gasteiger partial charge in [-0.3, -0.25) is 0 Å². The Hall–Kier alpha value is -0.160. The molecule has 0 aromatic rings. The molecule has 0 spiro atoms. The van der Waals surface area contributed by atoms with Crippen LogP contribution in [0.4, 0.5) is 0 Å². The zero-order chi connectivity index (χ0) is 12.6. The number of hydrogen-bond donors (Lipinski definition) is 0. The molecule has 2 saturated heterocycles. The zero-order valence-electron chi connectivity index (χ0n) is 11.4. The van der Waals surface area contributed by atoms with Crippen LogP contribution >= 0.6 is 0 Å². The van der Waals surface area contributed by atoms with Gasteiger partial charge in [-0.05, 0) is 34.6 Å². The molecule has 2 aliphatic heterocycles. The molecule has 4 atom stereocenters. The van der Waals surface area contributed by atoms with E-state index in [9.17, 15) is 0 Å². The minimum atomic E-state index is -0.163. The molecule has 2 aliphatic rings. The topological polar surface area (TPSA) is 36.9 Å². The van der Waals surface area contributed by atoms with Gasteiger partial charge in [0.15, 0.2) is 0 Å². The average Bonchev–Trinajstić information content (AvgIpc) is 2.68. The maximum absolute atomic E-state index is 5.96. The number of hydrogen-bond acceptors (Lipinski definition) is 4. The SMILES string of the molecule is CC(C)O[C@@H]1CO[C@H]2[C@@H]1OC[C@H]2OC(C)(C)C. The second-order valence-corrected chi connectivity index (χ2v) is 6.09. The minimum absolute atomic E-state index is 0.0259. The summed E-state index contributed by atoms with van der Waals surface area (Å²) in [5, 5.41) is 0. The van der Waals surface area contributed by atoms with Crippen molar-refractivity contribution >= 4 is 0 Å². The second-order valence-electron chi connectivity index (χ2n) is 6.09. The fraction of sp³-hybridized carbons (Fsp3) is 1.00. The first-order chi connectivity index (χ1) is 7.87. The third-order valence-electron chi connectivity index (χ3n) is 2.91. The molecule has 2 fully saturated rings. The molecular weight excluding hydrogens is 220 g/mol. The van der Waals surface area contributed by atoms with Gasteiger partial charge in [-0.2, -0.15) is 0 Å². The van der Waals surface area contributed by atoms with Gasteiger partial charge >= 0.3 is 0 Å². The molecule has 2 heterocycles. The zero-order valence-corrected chi connectivity index (χ0v) is 11.4. The van der Waals surface area contributed by atoms with Crippen molar-refractivity contribution in [2.24, 2.45) is 0 Å². The van der Waals surface area contributed by atoms with Gasteiger partial charge in [-0.25, -0.2) is 0 Å². The van der Waals surface area contributed by atoms with Crippen LogP contribution in [0.1, 0.15) is 34.6 Å². The van der Waals surface area contributed by atoms with Gasteiger partial charge in [-0.1, -0.05) is 0 Å². The van der Waals surface area contributed by atoms with E-state index in [-0.39, 0.29) is 36.1 Å². The summed E-state index contributed by atoms with van der Waals surface area (Å²) in [4.78, 5) is 0. The summed E-state index contributed by atoms with van der Waals surface area (Å²) in [6.07, 6.45) is 0.339. The Morgan fingerprint density at radius 1 is 1.00 bits per heavy atom. The molecule has 0 aromatic carbocycles. The van der Waals surface area contributed by atoms with Crippen LogP contribution in [0.15, 0.2) is 0 Å². The lowest BCUT2D eigenvalue weighted by Crippen LogP contribution is -2.38. The standard InChI is InChI=1S/C13H24O4/c1-8(2)16-9-6-14-12-10(7-15-11(9)12)17-13(3,4)5/h8-12H,6-7H2,1-5H3/t9-,10-,11-,12-/m1/s1. The Bertz CT molecular complexity index is 259. The van der Waals surface area contributed by atoms with Crippen molar-refractivity contribution in [1.29, 1.82) is 0 Å². The molecule has 0 saturated carbocycles. The summed E-state index contributed by atoms with van der Waals surface area (Å²) in [5.74, 6) is 0. The third kappa shape index (κ3) is 3.19. The first kappa shape index (κ1) is 13.3. The Kier molecular flexibility index (Phi) is 3.78. The molecule has 0 bridgehead atoms. The summed E-state index contributed by atoms with van der Waals surface area (Å²) in [6.45, 7) is 11.4. The summed E-state index contributed by atoms with van der Waals surface area (Å²) < 4.78 is 23.3. The van der Waals surface area contributed by atoms with E-state index in [4.69, 9.17) is 18.9 Å². The maximum Gasteiger partial charge on any atom is 0.115 e. The van der Waals surface area contributed by atoms with E-state index in [1.807, 2.05) is 13.8 Å². The summed E-state index contributed by atoms with van der Waals surface area (Å²) in [7, 11) is 0. The predicted octanol–water partition coefficient (Wildman–Crippen LogP) is 1.76. The lowest BCUT2D eigenvalue weighted by molar-refractivity contribution is -0.107. The van der Waals surface area contributed by atoms with E-state index in [1.165, 1.54) is 0 Å². The van der Waals surface area contributed by atoms with Crippen molar-refractivity contribution in [2.75, 3.05) is 13.2 Å². The predicted molar refractivity (Wildman–Crippen MR) is 64.1 cm³/mol. The number of fused-ring (bicyclic) bond motifs is 1. The average molecular weight is 244 g/mol. The summed E-state index contributed by atoms with van der Waals surface area (Å²) in [5.41, 5.74) is -0.163. The van der Waals surface area contributed by atoms with Crippen LogP contribution < -0.4 is 0 Å². The van der Waals surface area contributed by atoms with Crippen LogP contribution in [-0.2, 0) is 18.9 Å². The minimum Gasteiger partial charge on any atom is -0.370 e. The van der Waals surface area contributed by atoms with Gasteiger partial charge in [0.05, 0.1) is 24.9 Å². The molecule has 0 amide bonds. The van der Waals surface area contributed by atoms with Crippen molar-refractivity contribution in [3.8, 4) is 0 Å². The highest BCUT2D eigenvalue weighted by Gasteiger charge is 2.49. The van der Waals surface area contributed by atoms with Gasteiger partial charge < -0.3 is 18.9 Å².